The van der Waals surface area contributed by atoms with Crippen molar-refractivity contribution in [2.75, 3.05) is 0 Å². The van der Waals surface area contributed by atoms with Crippen molar-refractivity contribution in [3.05, 3.63) is 0 Å². The summed E-state index contributed by atoms with van der Waals surface area (Å²) in [5.74, 6) is 4.19. The number of rotatable bonds is 5. The molecule has 0 nitrogen and oxygen atoms in total. The summed E-state index contributed by atoms with van der Waals surface area (Å²) in [7, 11) is 0. The fourth-order valence-corrected chi connectivity index (χ4v) is 4.38. The molecule has 0 heterocycles. The molecule has 3 fully saturated rings. The summed E-state index contributed by atoms with van der Waals surface area (Å²) >= 11 is 0. The molecule has 0 saturated heterocycles. The number of hydrogen-bond donors (Lipinski definition) is 0. The highest BCUT2D eigenvalue weighted by atomic mass is 14.6. The van der Waals surface area contributed by atoms with Crippen LogP contribution in [0.15, 0.2) is 0 Å². The SMILES string of the molecule is CCC[C@@H]1CC[C@H]2C[C@@H]1C2(C)C.CCC[C@H](C)CC. The van der Waals surface area contributed by atoms with Crippen LogP contribution in [0.25, 0.3) is 0 Å². The van der Waals surface area contributed by atoms with Gasteiger partial charge >= 0.3 is 0 Å². The molecule has 3 aliphatic rings. The highest BCUT2D eigenvalue weighted by Crippen LogP contribution is 2.62. The van der Waals surface area contributed by atoms with E-state index in [-0.39, 0.29) is 0 Å². The van der Waals surface area contributed by atoms with E-state index in [9.17, 15) is 0 Å². The minimum atomic E-state index is 0.706. The molecule has 0 aliphatic heterocycles. The van der Waals surface area contributed by atoms with Crippen molar-refractivity contribution >= 4 is 0 Å². The van der Waals surface area contributed by atoms with Gasteiger partial charge in [-0.15, -0.1) is 0 Å². The van der Waals surface area contributed by atoms with Gasteiger partial charge in [0, 0.05) is 0 Å². The minimum Gasteiger partial charge on any atom is -0.0654 e. The molecule has 4 atom stereocenters. The molecule has 2 bridgehead atoms. The van der Waals surface area contributed by atoms with E-state index in [1.54, 1.807) is 6.42 Å². The summed E-state index contributed by atoms with van der Waals surface area (Å²) < 4.78 is 0. The maximum atomic E-state index is 2.49. The van der Waals surface area contributed by atoms with Gasteiger partial charge < -0.3 is 0 Å². The summed E-state index contributed by atoms with van der Waals surface area (Å²) in [6.07, 6.45) is 11.6. The van der Waals surface area contributed by atoms with Crippen LogP contribution in [0.3, 0.4) is 0 Å². The second kappa shape index (κ2) is 7.70. The van der Waals surface area contributed by atoms with Gasteiger partial charge in [-0.2, -0.15) is 0 Å². The zero-order valence-corrected chi connectivity index (χ0v) is 14.5. The third kappa shape index (κ3) is 4.23. The van der Waals surface area contributed by atoms with Gasteiger partial charge in [-0.3, -0.25) is 0 Å². The van der Waals surface area contributed by atoms with Crippen molar-refractivity contribution in [1.82, 2.24) is 0 Å². The van der Waals surface area contributed by atoms with Gasteiger partial charge in [0.05, 0.1) is 0 Å². The lowest BCUT2D eigenvalue weighted by atomic mass is 9.45. The summed E-state index contributed by atoms with van der Waals surface area (Å²) in [6, 6.07) is 0. The average molecular weight is 267 g/mol. The molecule has 19 heavy (non-hydrogen) atoms. The van der Waals surface area contributed by atoms with Gasteiger partial charge in [0.25, 0.3) is 0 Å². The standard InChI is InChI=1S/C12H22.C7H16/c1-4-5-9-6-7-10-8-11(9)12(10,2)3;1-4-6-7(3)5-2/h9-11H,4-8H2,1-3H3;7H,4-6H2,1-3H3/t9-,10+,11+;7-/m11/s1. The molecule has 0 spiro atoms. The molecule has 0 aromatic heterocycles. The molecule has 0 aromatic rings. The first-order chi connectivity index (χ1) is 8.97. The molecular formula is C19H38. The van der Waals surface area contributed by atoms with Crippen LogP contribution >= 0.6 is 0 Å². The molecular weight excluding hydrogens is 228 g/mol. The van der Waals surface area contributed by atoms with Gasteiger partial charge in [-0.1, -0.05) is 73.6 Å². The van der Waals surface area contributed by atoms with Crippen LogP contribution in [-0.4, -0.2) is 0 Å². The molecule has 114 valence electrons. The third-order valence-electron chi connectivity index (χ3n) is 6.14. The molecule has 3 saturated carbocycles. The monoisotopic (exact) mass is 266 g/mol. The van der Waals surface area contributed by atoms with Crippen LogP contribution in [0.5, 0.6) is 0 Å². The summed E-state index contributed by atoms with van der Waals surface area (Å²) in [5.41, 5.74) is 0.706. The highest BCUT2D eigenvalue weighted by molar-refractivity contribution is 5.02. The van der Waals surface area contributed by atoms with Crippen molar-refractivity contribution in [2.45, 2.75) is 92.9 Å². The quantitative estimate of drug-likeness (QED) is 0.520. The lowest BCUT2D eigenvalue weighted by Gasteiger charge is -2.60. The zero-order valence-electron chi connectivity index (χ0n) is 14.5. The Morgan fingerprint density at radius 1 is 1.05 bits per heavy atom. The van der Waals surface area contributed by atoms with Gasteiger partial charge in [0.2, 0.25) is 0 Å². The van der Waals surface area contributed by atoms with E-state index in [1.807, 2.05) is 0 Å². The van der Waals surface area contributed by atoms with Crippen molar-refractivity contribution in [1.29, 1.82) is 0 Å². The normalized spacial score (nSPS) is 32.8. The Balaban J connectivity index is 0.000000224. The van der Waals surface area contributed by atoms with E-state index in [0.717, 1.165) is 23.7 Å². The first-order valence-corrected chi connectivity index (χ1v) is 8.97. The Morgan fingerprint density at radius 3 is 2.11 bits per heavy atom. The lowest BCUT2D eigenvalue weighted by Crippen LogP contribution is -2.52. The van der Waals surface area contributed by atoms with Gasteiger partial charge in [-0.25, -0.2) is 0 Å². The van der Waals surface area contributed by atoms with E-state index in [1.165, 1.54) is 44.9 Å². The Morgan fingerprint density at radius 2 is 1.74 bits per heavy atom. The van der Waals surface area contributed by atoms with E-state index in [0.29, 0.717) is 5.41 Å². The number of hydrogen-bond acceptors (Lipinski definition) is 0. The first-order valence-electron chi connectivity index (χ1n) is 8.97. The molecule has 0 radical (unpaired) electrons. The van der Waals surface area contributed by atoms with Crippen LogP contribution in [0.4, 0.5) is 0 Å². The second-order valence-electron chi connectivity index (χ2n) is 7.79. The Kier molecular flexibility index (Phi) is 6.91. The van der Waals surface area contributed by atoms with Crippen LogP contribution < -0.4 is 0 Å². The van der Waals surface area contributed by atoms with Crippen molar-refractivity contribution in [3.8, 4) is 0 Å². The fourth-order valence-electron chi connectivity index (χ4n) is 4.38. The zero-order chi connectivity index (χ0) is 14.5. The molecule has 0 amide bonds. The Labute approximate surface area is 122 Å². The van der Waals surface area contributed by atoms with Crippen LogP contribution in [-0.2, 0) is 0 Å². The Hall–Kier alpha value is 0. The van der Waals surface area contributed by atoms with Crippen molar-refractivity contribution < 1.29 is 0 Å². The molecule has 0 aromatic carbocycles. The van der Waals surface area contributed by atoms with Crippen molar-refractivity contribution in [3.63, 3.8) is 0 Å². The largest absolute Gasteiger partial charge is 0.0654 e. The van der Waals surface area contributed by atoms with Crippen LogP contribution in [0, 0.1) is 29.1 Å². The van der Waals surface area contributed by atoms with Gasteiger partial charge in [0.1, 0.15) is 0 Å². The predicted octanol–water partition coefficient (Wildman–Crippen LogP) is 6.69. The van der Waals surface area contributed by atoms with Gasteiger partial charge in [-0.05, 0) is 48.3 Å². The molecule has 0 unspecified atom stereocenters. The van der Waals surface area contributed by atoms with Crippen LogP contribution in [0.2, 0.25) is 0 Å². The smallest absolute Gasteiger partial charge is 0.0295 e. The highest BCUT2D eigenvalue weighted by Gasteiger charge is 2.53. The molecule has 3 aliphatic carbocycles. The third-order valence-corrected chi connectivity index (χ3v) is 6.14. The first kappa shape index (κ1) is 17.1. The minimum absolute atomic E-state index is 0.706. The predicted molar refractivity (Wildman–Crippen MR) is 87.4 cm³/mol. The lowest BCUT2D eigenvalue weighted by molar-refractivity contribution is -0.106. The average Bonchev–Trinajstić information content (AvgIpc) is 2.40. The molecule has 0 N–H and O–H groups in total. The maximum Gasteiger partial charge on any atom is -0.0295 e. The van der Waals surface area contributed by atoms with E-state index in [2.05, 4.69) is 41.5 Å². The second-order valence-corrected chi connectivity index (χ2v) is 7.79. The summed E-state index contributed by atoms with van der Waals surface area (Å²) in [5, 5.41) is 0. The topological polar surface area (TPSA) is 0 Å². The molecule has 3 rings (SSSR count). The fraction of sp³-hybridized carbons (Fsp3) is 1.00. The van der Waals surface area contributed by atoms with Crippen molar-refractivity contribution in [2.24, 2.45) is 29.1 Å². The number of fused-ring (bicyclic) bond motifs is 2. The van der Waals surface area contributed by atoms with Gasteiger partial charge in [0.15, 0.2) is 0 Å². The maximum absolute atomic E-state index is 2.49. The summed E-state index contributed by atoms with van der Waals surface area (Å²) in [4.78, 5) is 0. The van der Waals surface area contributed by atoms with E-state index >= 15 is 0 Å². The Bertz CT molecular complexity index is 236. The molecule has 0 heteroatoms. The van der Waals surface area contributed by atoms with E-state index in [4.69, 9.17) is 0 Å². The summed E-state index contributed by atoms with van der Waals surface area (Å²) in [6.45, 7) is 14.1. The van der Waals surface area contributed by atoms with Crippen LogP contribution in [0.1, 0.15) is 92.9 Å². The van der Waals surface area contributed by atoms with E-state index < -0.39 is 0 Å².